The first-order chi connectivity index (χ1) is 10.6. The number of carbonyl (C=O) groups is 1. The normalized spacial score (nSPS) is 31.3. The number of hydrogen-bond donors (Lipinski definition) is 2. The minimum absolute atomic E-state index is 0.425. The summed E-state index contributed by atoms with van der Waals surface area (Å²) in [5.74, 6) is -0.494. The molecule has 0 aromatic carbocycles. The Labute approximate surface area is 130 Å². The summed E-state index contributed by atoms with van der Waals surface area (Å²) >= 11 is 0. The molecule has 3 aliphatic rings. The molecule has 1 aromatic rings. The number of amides is 1. The Morgan fingerprint density at radius 2 is 2.32 bits per heavy atom. The number of likely N-dealkylation sites (tertiary alicyclic amines) is 1. The predicted molar refractivity (Wildman–Crippen MR) is 80.6 cm³/mol. The number of fused-ring (bicyclic) bond motifs is 1. The fourth-order valence-electron chi connectivity index (χ4n) is 4.38. The number of likely N-dealkylation sites (N-methyl/N-ethyl adjacent to an activating group) is 1. The molecule has 1 aliphatic carbocycles. The molecule has 118 valence electrons. The molecule has 4 rings (SSSR count). The summed E-state index contributed by atoms with van der Waals surface area (Å²) in [6.45, 7) is 3.12. The average molecular weight is 302 g/mol. The smallest absolute Gasteiger partial charge is 0.276 e. The van der Waals surface area contributed by atoms with Gasteiger partial charge >= 0.3 is 0 Å². The number of aromatic nitrogens is 1. The van der Waals surface area contributed by atoms with Crippen molar-refractivity contribution in [3.05, 3.63) is 29.1 Å². The topological polar surface area (TPSA) is 68.7 Å². The third kappa shape index (κ3) is 1.91. The van der Waals surface area contributed by atoms with Crippen LogP contribution < -0.4 is 5.48 Å². The second-order valence-electron chi connectivity index (χ2n) is 6.82. The quantitative estimate of drug-likeness (QED) is 0.624. The summed E-state index contributed by atoms with van der Waals surface area (Å²) < 4.78 is 0. The molecule has 1 saturated carbocycles. The lowest BCUT2D eigenvalue weighted by Crippen LogP contribution is -2.74. The van der Waals surface area contributed by atoms with E-state index in [-0.39, 0.29) is 0 Å². The van der Waals surface area contributed by atoms with Gasteiger partial charge in [-0.05, 0) is 44.4 Å². The second-order valence-corrected chi connectivity index (χ2v) is 6.82. The van der Waals surface area contributed by atoms with Crippen molar-refractivity contribution in [1.29, 1.82) is 0 Å². The van der Waals surface area contributed by atoms with Gasteiger partial charge in [0.15, 0.2) is 0 Å². The van der Waals surface area contributed by atoms with E-state index >= 15 is 0 Å². The first-order valence-corrected chi connectivity index (χ1v) is 8.01. The number of nitrogens with zero attached hydrogens (tertiary/aromatic N) is 3. The maximum absolute atomic E-state index is 11.5. The lowest BCUT2D eigenvalue weighted by molar-refractivity contribution is -0.129. The van der Waals surface area contributed by atoms with Crippen LogP contribution in [-0.2, 0) is 13.0 Å². The standard InChI is InChI=1S/C16H22N4O2/c1-19-7-5-16(19)4-2-14(16)20-6-3-11-8-12(15(21)18-22)9-17-13(11)10-20/h8-9,14,22H,2-7,10H2,1H3,(H,18,21). The highest BCUT2D eigenvalue weighted by Gasteiger charge is 2.56. The van der Waals surface area contributed by atoms with Crippen LogP contribution in [0.3, 0.4) is 0 Å². The van der Waals surface area contributed by atoms with Gasteiger partial charge in [-0.1, -0.05) is 0 Å². The number of hydroxylamine groups is 1. The van der Waals surface area contributed by atoms with Crippen LogP contribution in [0.15, 0.2) is 12.3 Å². The van der Waals surface area contributed by atoms with Crippen molar-refractivity contribution < 1.29 is 10.0 Å². The number of pyridine rings is 1. The zero-order valence-corrected chi connectivity index (χ0v) is 12.9. The van der Waals surface area contributed by atoms with Crippen molar-refractivity contribution in [3.63, 3.8) is 0 Å². The average Bonchev–Trinajstić information content (AvgIpc) is 2.51. The van der Waals surface area contributed by atoms with Gasteiger partial charge < -0.3 is 0 Å². The molecule has 0 radical (unpaired) electrons. The molecule has 2 N–H and O–H groups in total. The van der Waals surface area contributed by atoms with E-state index in [1.165, 1.54) is 25.8 Å². The van der Waals surface area contributed by atoms with E-state index in [2.05, 4.69) is 21.8 Å². The van der Waals surface area contributed by atoms with E-state index in [1.54, 1.807) is 11.7 Å². The SMILES string of the molecule is CN1CCC12CCC2N1CCc2cc(C(=O)NO)cnc2C1. The van der Waals surface area contributed by atoms with E-state index < -0.39 is 5.91 Å². The largest absolute Gasteiger partial charge is 0.299 e. The molecular formula is C16H22N4O2. The molecule has 2 unspecified atom stereocenters. The zero-order valence-electron chi connectivity index (χ0n) is 12.9. The first-order valence-electron chi connectivity index (χ1n) is 8.01. The summed E-state index contributed by atoms with van der Waals surface area (Å²) in [6, 6.07) is 2.51. The Balaban J connectivity index is 1.52. The molecule has 2 fully saturated rings. The van der Waals surface area contributed by atoms with Crippen molar-refractivity contribution in [2.75, 3.05) is 20.1 Å². The van der Waals surface area contributed by atoms with Crippen LogP contribution >= 0.6 is 0 Å². The van der Waals surface area contributed by atoms with Gasteiger partial charge in [-0.15, -0.1) is 0 Å². The highest BCUT2D eigenvalue weighted by molar-refractivity contribution is 5.93. The Morgan fingerprint density at radius 3 is 2.91 bits per heavy atom. The van der Waals surface area contributed by atoms with E-state index in [4.69, 9.17) is 5.21 Å². The molecule has 1 amide bonds. The van der Waals surface area contributed by atoms with Gasteiger partial charge in [0.25, 0.3) is 5.91 Å². The lowest BCUT2D eigenvalue weighted by atomic mass is 9.63. The minimum atomic E-state index is -0.494. The third-order valence-electron chi connectivity index (χ3n) is 6.00. The van der Waals surface area contributed by atoms with Crippen LogP contribution in [0.5, 0.6) is 0 Å². The number of hydrogen-bond acceptors (Lipinski definition) is 5. The van der Waals surface area contributed by atoms with E-state index in [1.807, 2.05) is 6.07 Å². The van der Waals surface area contributed by atoms with Crippen LogP contribution in [0.4, 0.5) is 0 Å². The Kier molecular flexibility index (Phi) is 3.21. The van der Waals surface area contributed by atoms with E-state index in [9.17, 15) is 4.79 Å². The third-order valence-corrected chi connectivity index (χ3v) is 6.00. The van der Waals surface area contributed by atoms with Crippen LogP contribution in [0.2, 0.25) is 0 Å². The number of rotatable bonds is 2. The monoisotopic (exact) mass is 302 g/mol. The van der Waals surface area contributed by atoms with Crippen molar-refractivity contribution in [1.82, 2.24) is 20.3 Å². The van der Waals surface area contributed by atoms with Gasteiger partial charge in [0, 0.05) is 37.4 Å². The van der Waals surface area contributed by atoms with E-state index in [0.717, 1.165) is 30.8 Å². The van der Waals surface area contributed by atoms with Crippen LogP contribution in [0.1, 0.15) is 40.9 Å². The van der Waals surface area contributed by atoms with Crippen LogP contribution in [-0.4, -0.2) is 57.6 Å². The van der Waals surface area contributed by atoms with Crippen molar-refractivity contribution in [2.45, 2.75) is 43.8 Å². The highest BCUT2D eigenvalue weighted by atomic mass is 16.5. The number of nitrogens with one attached hydrogen (secondary N) is 1. The maximum atomic E-state index is 11.5. The molecule has 2 atom stereocenters. The van der Waals surface area contributed by atoms with E-state index in [0.29, 0.717) is 17.1 Å². The maximum Gasteiger partial charge on any atom is 0.276 e. The fraction of sp³-hybridized carbons (Fsp3) is 0.625. The number of carbonyl (C=O) groups excluding carboxylic acids is 1. The summed E-state index contributed by atoms with van der Waals surface area (Å²) in [6.07, 6.45) is 6.40. The van der Waals surface area contributed by atoms with Gasteiger partial charge in [0.05, 0.1) is 11.3 Å². The van der Waals surface area contributed by atoms with Gasteiger partial charge in [-0.2, -0.15) is 0 Å². The Hall–Kier alpha value is -1.50. The highest BCUT2D eigenvalue weighted by Crippen LogP contribution is 2.49. The molecule has 1 aromatic heterocycles. The molecule has 1 saturated heterocycles. The Bertz CT molecular complexity index is 616. The molecule has 6 heteroatoms. The van der Waals surface area contributed by atoms with Crippen molar-refractivity contribution in [2.24, 2.45) is 0 Å². The van der Waals surface area contributed by atoms with Gasteiger partial charge in [-0.3, -0.25) is 24.8 Å². The molecule has 6 nitrogen and oxygen atoms in total. The summed E-state index contributed by atoms with van der Waals surface area (Å²) in [4.78, 5) is 21.0. The van der Waals surface area contributed by atoms with Gasteiger partial charge in [-0.25, -0.2) is 5.48 Å². The van der Waals surface area contributed by atoms with Gasteiger partial charge in [0.2, 0.25) is 0 Å². The lowest BCUT2D eigenvalue weighted by Gasteiger charge is -2.65. The minimum Gasteiger partial charge on any atom is -0.299 e. The van der Waals surface area contributed by atoms with Gasteiger partial charge in [0.1, 0.15) is 0 Å². The molecular weight excluding hydrogens is 280 g/mol. The summed E-state index contributed by atoms with van der Waals surface area (Å²) in [7, 11) is 2.24. The van der Waals surface area contributed by atoms with Crippen LogP contribution in [0, 0.1) is 0 Å². The molecule has 1 spiro atoms. The molecule has 22 heavy (non-hydrogen) atoms. The Morgan fingerprint density at radius 1 is 1.45 bits per heavy atom. The van der Waals surface area contributed by atoms with Crippen molar-refractivity contribution >= 4 is 5.91 Å². The fourth-order valence-corrected chi connectivity index (χ4v) is 4.38. The summed E-state index contributed by atoms with van der Waals surface area (Å²) in [5, 5.41) is 8.72. The zero-order chi connectivity index (χ0) is 15.3. The molecule has 0 bridgehead atoms. The first kappa shape index (κ1) is 14.1. The predicted octanol–water partition coefficient (Wildman–Crippen LogP) is 0.795. The molecule has 2 aliphatic heterocycles. The second kappa shape index (κ2) is 5.01. The van der Waals surface area contributed by atoms with Crippen LogP contribution in [0.25, 0.3) is 0 Å². The summed E-state index contributed by atoms with van der Waals surface area (Å²) in [5.41, 5.74) is 4.72. The van der Waals surface area contributed by atoms with Crippen molar-refractivity contribution in [3.8, 4) is 0 Å². The molecule has 3 heterocycles.